The second kappa shape index (κ2) is 3.57. The van der Waals surface area contributed by atoms with Crippen LogP contribution in [0.3, 0.4) is 0 Å². The van der Waals surface area contributed by atoms with Gasteiger partial charge in [-0.1, -0.05) is 6.07 Å². The molecule has 2 rings (SSSR count). The van der Waals surface area contributed by atoms with Crippen molar-refractivity contribution in [1.82, 2.24) is 4.31 Å². The minimum Gasteiger partial charge on any atom is -0.359 e. The largest absolute Gasteiger partial charge is 0.359 e. The summed E-state index contributed by atoms with van der Waals surface area (Å²) in [6, 6.07) is 4.57. The highest BCUT2D eigenvalue weighted by molar-refractivity contribution is 7.89. The van der Waals surface area contributed by atoms with Crippen molar-refractivity contribution in [2.24, 2.45) is 0 Å². The van der Waals surface area contributed by atoms with E-state index in [4.69, 9.17) is 0 Å². The highest BCUT2D eigenvalue weighted by Gasteiger charge is 2.31. The van der Waals surface area contributed by atoms with E-state index < -0.39 is 10.0 Å². The summed E-state index contributed by atoms with van der Waals surface area (Å²) in [7, 11) is -0.0825. The number of benzene rings is 1. The van der Waals surface area contributed by atoms with Gasteiger partial charge in [0, 0.05) is 19.7 Å². The van der Waals surface area contributed by atoms with Gasteiger partial charge in [0.05, 0.1) is 12.4 Å². The van der Waals surface area contributed by atoms with Crippen LogP contribution in [-0.4, -0.2) is 39.8 Å². The van der Waals surface area contributed by atoms with Gasteiger partial charge >= 0.3 is 0 Å². The summed E-state index contributed by atoms with van der Waals surface area (Å²) < 4.78 is 25.2. The molecule has 1 aliphatic heterocycles. The summed E-state index contributed by atoms with van der Waals surface area (Å²) in [4.78, 5) is 12.7. The Morgan fingerprint density at radius 3 is 2.62 bits per heavy atom. The first-order valence-electron chi connectivity index (χ1n) is 4.73. The van der Waals surface area contributed by atoms with Crippen molar-refractivity contribution < 1.29 is 13.2 Å². The maximum atomic E-state index is 12.0. The number of anilines is 1. The zero-order valence-corrected chi connectivity index (χ0v) is 9.86. The molecule has 86 valence electrons. The molecule has 1 aromatic carbocycles. The summed E-state index contributed by atoms with van der Waals surface area (Å²) in [5, 5.41) is 0. The Labute approximate surface area is 94.3 Å². The van der Waals surface area contributed by atoms with E-state index in [0.717, 1.165) is 0 Å². The van der Waals surface area contributed by atoms with Gasteiger partial charge in [-0.2, -0.15) is 4.31 Å². The van der Waals surface area contributed by atoms with E-state index in [2.05, 4.69) is 0 Å². The van der Waals surface area contributed by atoms with Crippen LogP contribution in [-0.2, 0) is 10.0 Å². The van der Waals surface area contributed by atoms with Crippen LogP contribution < -0.4 is 4.90 Å². The van der Waals surface area contributed by atoms with E-state index in [9.17, 15) is 13.2 Å². The zero-order valence-electron chi connectivity index (χ0n) is 9.04. The first-order valence-corrected chi connectivity index (χ1v) is 6.17. The molecule has 0 saturated carbocycles. The van der Waals surface area contributed by atoms with E-state index in [1.165, 1.54) is 23.5 Å². The van der Waals surface area contributed by atoms with Crippen molar-refractivity contribution in [2.75, 3.05) is 25.7 Å². The standard InChI is InChI=1S/C10H12N2O3S/c1-11-7-12(2)16(14,15)10-4-3-8(6-13)5-9(10)11/h3-6H,7H2,1-2H3. The number of rotatable bonds is 1. The second-order valence-corrected chi connectivity index (χ2v) is 5.80. The van der Waals surface area contributed by atoms with E-state index in [1.807, 2.05) is 0 Å². The molecular weight excluding hydrogens is 228 g/mol. The van der Waals surface area contributed by atoms with Gasteiger partial charge in [-0.05, 0) is 12.1 Å². The van der Waals surface area contributed by atoms with Crippen molar-refractivity contribution in [1.29, 1.82) is 0 Å². The quantitative estimate of drug-likeness (QED) is 0.672. The van der Waals surface area contributed by atoms with Gasteiger partial charge in [0.2, 0.25) is 10.0 Å². The number of fused-ring (bicyclic) bond motifs is 1. The fraction of sp³-hybridized carbons (Fsp3) is 0.300. The molecule has 0 bridgehead atoms. The molecule has 0 saturated heterocycles. The van der Waals surface area contributed by atoms with Crippen LogP contribution in [0.1, 0.15) is 10.4 Å². The number of carbonyl (C=O) groups excluding carboxylic acids is 1. The molecule has 5 nitrogen and oxygen atoms in total. The summed E-state index contributed by atoms with van der Waals surface area (Å²) in [6.45, 7) is 0.289. The minimum atomic E-state index is -3.40. The number of aldehydes is 1. The lowest BCUT2D eigenvalue weighted by Crippen LogP contribution is -2.42. The third-order valence-corrected chi connectivity index (χ3v) is 4.47. The molecule has 0 aliphatic carbocycles. The van der Waals surface area contributed by atoms with Crippen molar-refractivity contribution >= 4 is 22.0 Å². The molecule has 0 spiro atoms. The van der Waals surface area contributed by atoms with Crippen LogP contribution in [0.2, 0.25) is 0 Å². The smallest absolute Gasteiger partial charge is 0.246 e. The van der Waals surface area contributed by atoms with Gasteiger partial charge in [-0.3, -0.25) is 4.79 Å². The Bertz CT molecular complexity index is 539. The molecule has 1 aliphatic rings. The molecule has 0 unspecified atom stereocenters. The summed E-state index contributed by atoms with van der Waals surface area (Å²) >= 11 is 0. The van der Waals surface area contributed by atoms with Crippen molar-refractivity contribution in [3.63, 3.8) is 0 Å². The van der Waals surface area contributed by atoms with E-state index >= 15 is 0 Å². The molecule has 0 fully saturated rings. The monoisotopic (exact) mass is 240 g/mol. The molecule has 6 heteroatoms. The topological polar surface area (TPSA) is 57.7 Å². The zero-order chi connectivity index (χ0) is 11.9. The molecule has 0 radical (unpaired) electrons. The lowest BCUT2D eigenvalue weighted by atomic mass is 10.2. The van der Waals surface area contributed by atoms with Crippen molar-refractivity contribution in [2.45, 2.75) is 4.90 Å². The fourth-order valence-electron chi connectivity index (χ4n) is 1.74. The Morgan fingerprint density at radius 2 is 2.00 bits per heavy atom. The average Bonchev–Trinajstić information content (AvgIpc) is 2.26. The lowest BCUT2D eigenvalue weighted by molar-refractivity contribution is 0.112. The van der Waals surface area contributed by atoms with Crippen LogP contribution in [0.15, 0.2) is 23.1 Å². The second-order valence-electron chi connectivity index (χ2n) is 3.79. The average molecular weight is 240 g/mol. The Balaban J connectivity index is 2.69. The Morgan fingerprint density at radius 1 is 1.31 bits per heavy atom. The van der Waals surface area contributed by atoms with Crippen LogP contribution >= 0.6 is 0 Å². The maximum Gasteiger partial charge on any atom is 0.246 e. The van der Waals surface area contributed by atoms with Crippen LogP contribution in [0.4, 0.5) is 5.69 Å². The first kappa shape index (κ1) is 11.1. The molecular formula is C10H12N2O3S. The first-order chi connectivity index (χ1) is 7.46. The van der Waals surface area contributed by atoms with E-state index in [0.29, 0.717) is 17.5 Å². The van der Waals surface area contributed by atoms with Gasteiger partial charge in [0.25, 0.3) is 0 Å². The van der Waals surface area contributed by atoms with E-state index in [-0.39, 0.29) is 11.6 Å². The molecule has 0 N–H and O–H groups in total. The Hall–Kier alpha value is -1.40. The number of hydrogen-bond donors (Lipinski definition) is 0. The number of nitrogens with zero attached hydrogens (tertiary/aromatic N) is 2. The predicted molar refractivity (Wildman–Crippen MR) is 60.0 cm³/mol. The molecule has 1 heterocycles. The van der Waals surface area contributed by atoms with Gasteiger partial charge in [-0.15, -0.1) is 0 Å². The van der Waals surface area contributed by atoms with Gasteiger partial charge in [-0.25, -0.2) is 8.42 Å². The third kappa shape index (κ3) is 1.50. The van der Waals surface area contributed by atoms with Crippen LogP contribution in [0.25, 0.3) is 0 Å². The third-order valence-electron chi connectivity index (χ3n) is 2.63. The molecule has 1 aromatic rings. The van der Waals surface area contributed by atoms with Gasteiger partial charge in [0.1, 0.15) is 11.2 Å². The maximum absolute atomic E-state index is 12.0. The highest BCUT2D eigenvalue weighted by Crippen LogP contribution is 2.31. The summed E-state index contributed by atoms with van der Waals surface area (Å²) in [5.41, 5.74) is 1.05. The fourth-order valence-corrected chi connectivity index (χ4v) is 3.12. The number of carbonyl (C=O) groups is 1. The molecule has 0 amide bonds. The predicted octanol–water partition coefficient (Wildman–Crippen LogP) is 0.527. The highest BCUT2D eigenvalue weighted by atomic mass is 32.2. The summed E-state index contributed by atoms with van der Waals surface area (Å²) in [6.07, 6.45) is 0.707. The molecule has 16 heavy (non-hydrogen) atoms. The molecule has 0 aromatic heterocycles. The van der Waals surface area contributed by atoms with Crippen molar-refractivity contribution in [3.8, 4) is 0 Å². The normalized spacial score (nSPS) is 19.2. The van der Waals surface area contributed by atoms with Gasteiger partial charge < -0.3 is 4.90 Å². The number of hydrogen-bond acceptors (Lipinski definition) is 4. The summed E-state index contributed by atoms with van der Waals surface area (Å²) in [5.74, 6) is 0. The minimum absolute atomic E-state index is 0.245. The van der Waals surface area contributed by atoms with Crippen LogP contribution in [0, 0.1) is 0 Å². The van der Waals surface area contributed by atoms with Gasteiger partial charge in [0.15, 0.2) is 0 Å². The number of sulfonamides is 1. The lowest BCUT2D eigenvalue weighted by Gasteiger charge is -2.33. The Kier molecular flexibility index (Phi) is 2.47. The van der Waals surface area contributed by atoms with Crippen LogP contribution in [0.5, 0.6) is 0 Å². The SMILES string of the molecule is CN1CN(C)S(=O)(=O)c2ccc(C=O)cc21. The molecule has 0 atom stereocenters. The van der Waals surface area contributed by atoms with Crippen molar-refractivity contribution in [3.05, 3.63) is 23.8 Å². The van der Waals surface area contributed by atoms with E-state index in [1.54, 1.807) is 18.0 Å².